The Morgan fingerprint density at radius 3 is 2.45 bits per heavy atom. The van der Waals surface area contributed by atoms with Gasteiger partial charge in [-0.2, -0.15) is 5.10 Å². The summed E-state index contributed by atoms with van der Waals surface area (Å²) in [6.45, 7) is 2.81. The van der Waals surface area contributed by atoms with Gasteiger partial charge in [-0.15, -0.1) is 0 Å². The van der Waals surface area contributed by atoms with Gasteiger partial charge >= 0.3 is 0 Å². The summed E-state index contributed by atoms with van der Waals surface area (Å²) in [5, 5.41) is 7.13. The second-order valence-electron chi connectivity index (χ2n) is 8.07. The molecule has 5 nitrogen and oxygen atoms in total. The van der Waals surface area contributed by atoms with E-state index in [1.54, 1.807) is 7.11 Å². The van der Waals surface area contributed by atoms with Crippen LogP contribution in [-0.4, -0.2) is 24.4 Å². The van der Waals surface area contributed by atoms with Gasteiger partial charge in [0, 0.05) is 22.0 Å². The zero-order valence-corrected chi connectivity index (χ0v) is 21.6. The number of hydrazone groups is 1. The predicted octanol–water partition coefficient (Wildman–Crippen LogP) is 7.25. The Labute approximate surface area is 210 Å². The van der Waals surface area contributed by atoms with Crippen LogP contribution in [0.4, 0.5) is 0 Å². The van der Waals surface area contributed by atoms with Crippen LogP contribution >= 0.6 is 31.9 Å². The molecule has 3 aromatic carbocycles. The molecule has 0 spiro atoms. The van der Waals surface area contributed by atoms with Crippen molar-refractivity contribution in [3.05, 3.63) is 86.3 Å². The summed E-state index contributed by atoms with van der Waals surface area (Å²) in [5.74, 6) is 2.56. The van der Waals surface area contributed by atoms with Crippen molar-refractivity contribution in [1.82, 2.24) is 5.01 Å². The average molecular weight is 572 g/mol. The molecule has 0 radical (unpaired) electrons. The molecule has 3 aromatic rings. The number of hydrogen-bond donors (Lipinski definition) is 0. The summed E-state index contributed by atoms with van der Waals surface area (Å²) in [5.41, 5.74) is 4.26. The highest BCUT2D eigenvalue weighted by molar-refractivity contribution is 9.11. The standard InChI is InChI=1S/C26H24Br2N2O3/c1-3-12-32-20-10-6-17(7-11-20)26-30-24(21-13-18(27)14-22(28)25(21)33-26)15-23(29-30)16-4-8-19(31-2)9-5-16/h4-11,13-14,24,26H,3,12,15H2,1-2H3. The summed E-state index contributed by atoms with van der Waals surface area (Å²) in [6, 6.07) is 20.4. The van der Waals surface area contributed by atoms with E-state index in [0.717, 1.165) is 61.4 Å². The topological polar surface area (TPSA) is 43.3 Å². The van der Waals surface area contributed by atoms with E-state index in [-0.39, 0.29) is 12.3 Å². The lowest BCUT2D eigenvalue weighted by atomic mass is 9.96. The molecule has 0 amide bonds. The van der Waals surface area contributed by atoms with Crippen LogP contribution in [0, 0.1) is 0 Å². The van der Waals surface area contributed by atoms with Crippen molar-refractivity contribution in [2.45, 2.75) is 32.0 Å². The third-order valence-electron chi connectivity index (χ3n) is 5.87. The summed E-state index contributed by atoms with van der Waals surface area (Å²) >= 11 is 7.33. The highest BCUT2D eigenvalue weighted by Crippen LogP contribution is 2.51. The van der Waals surface area contributed by atoms with E-state index in [1.165, 1.54) is 0 Å². The predicted molar refractivity (Wildman–Crippen MR) is 136 cm³/mol. The summed E-state index contributed by atoms with van der Waals surface area (Å²) < 4.78 is 19.6. The lowest BCUT2D eigenvalue weighted by Gasteiger charge is -2.38. The molecule has 0 saturated heterocycles. The Hall–Kier alpha value is -2.51. The highest BCUT2D eigenvalue weighted by atomic mass is 79.9. The maximum absolute atomic E-state index is 6.55. The average Bonchev–Trinajstić information content (AvgIpc) is 3.29. The molecule has 0 aromatic heterocycles. The maximum Gasteiger partial charge on any atom is 0.213 e. The van der Waals surface area contributed by atoms with E-state index in [4.69, 9.17) is 19.3 Å². The minimum Gasteiger partial charge on any atom is -0.497 e. The summed E-state index contributed by atoms with van der Waals surface area (Å²) in [4.78, 5) is 0. The molecule has 2 heterocycles. The van der Waals surface area contributed by atoms with E-state index < -0.39 is 0 Å². The minimum absolute atomic E-state index is 0.0701. The monoisotopic (exact) mass is 570 g/mol. The first-order chi connectivity index (χ1) is 16.1. The summed E-state index contributed by atoms with van der Waals surface area (Å²) in [6.07, 6.45) is 1.43. The van der Waals surface area contributed by atoms with Gasteiger partial charge in [-0.25, -0.2) is 5.01 Å². The molecule has 170 valence electrons. The lowest BCUT2D eigenvalue weighted by molar-refractivity contribution is -0.0197. The Balaban J connectivity index is 1.53. The lowest BCUT2D eigenvalue weighted by Crippen LogP contribution is -2.33. The van der Waals surface area contributed by atoms with Gasteiger partial charge in [-0.05, 0) is 88.6 Å². The van der Waals surface area contributed by atoms with E-state index in [2.05, 4.69) is 74.1 Å². The molecule has 0 bridgehead atoms. The fourth-order valence-electron chi connectivity index (χ4n) is 4.24. The molecule has 0 aliphatic carbocycles. The summed E-state index contributed by atoms with van der Waals surface area (Å²) in [7, 11) is 1.68. The number of rotatable bonds is 6. The van der Waals surface area contributed by atoms with Crippen LogP contribution in [0.2, 0.25) is 0 Å². The van der Waals surface area contributed by atoms with Crippen LogP contribution in [0.25, 0.3) is 0 Å². The largest absolute Gasteiger partial charge is 0.497 e. The van der Waals surface area contributed by atoms with Gasteiger partial charge in [0.2, 0.25) is 6.23 Å². The Morgan fingerprint density at radius 1 is 1.03 bits per heavy atom. The molecule has 7 heteroatoms. The number of ether oxygens (including phenoxy) is 3. The van der Waals surface area contributed by atoms with Gasteiger partial charge in [0.1, 0.15) is 17.2 Å². The quantitative estimate of drug-likeness (QED) is 0.312. The SMILES string of the molecule is CCCOc1ccc(C2Oc3c(Br)cc(Br)cc3C3CC(c4ccc(OC)cc4)=NN32)cc1. The zero-order chi connectivity index (χ0) is 22.9. The van der Waals surface area contributed by atoms with Crippen molar-refractivity contribution < 1.29 is 14.2 Å². The van der Waals surface area contributed by atoms with E-state index in [9.17, 15) is 0 Å². The minimum atomic E-state index is -0.337. The van der Waals surface area contributed by atoms with Crippen LogP contribution in [-0.2, 0) is 0 Å². The Bertz CT molecular complexity index is 1180. The fourth-order valence-corrected chi connectivity index (χ4v) is 5.59. The molecular formula is C26H24Br2N2O3. The van der Waals surface area contributed by atoms with Crippen molar-refractivity contribution in [1.29, 1.82) is 0 Å². The van der Waals surface area contributed by atoms with E-state index in [1.807, 2.05) is 30.3 Å². The van der Waals surface area contributed by atoms with Crippen LogP contribution in [0.3, 0.4) is 0 Å². The highest BCUT2D eigenvalue weighted by Gasteiger charge is 2.42. The second-order valence-corrected chi connectivity index (χ2v) is 9.84. The van der Waals surface area contributed by atoms with Crippen LogP contribution in [0.5, 0.6) is 17.2 Å². The number of methoxy groups -OCH3 is 1. The van der Waals surface area contributed by atoms with Crippen molar-refractivity contribution in [3.8, 4) is 17.2 Å². The first-order valence-corrected chi connectivity index (χ1v) is 12.5. The van der Waals surface area contributed by atoms with Crippen molar-refractivity contribution >= 4 is 37.6 Å². The molecule has 0 N–H and O–H groups in total. The van der Waals surface area contributed by atoms with Crippen LogP contribution < -0.4 is 14.2 Å². The second kappa shape index (κ2) is 9.39. The molecule has 2 aliphatic rings. The van der Waals surface area contributed by atoms with Gasteiger partial charge < -0.3 is 14.2 Å². The molecule has 0 fully saturated rings. The van der Waals surface area contributed by atoms with Gasteiger partial charge in [0.05, 0.1) is 29.9 Å². The van der Waals surface area contributed by atoms with Crippen LogP contribution in [0.1, 0.15) is 48.7 Å². The molecule has 2 unspecified atom stereocenters. The van der Waals surface area contributed by atoms with E-state index in [0.29, 0.717) is 6.61 Å². The Kier molecular flexibility index (Phi) is 6.34. The van der Waals surface area contributed by atoms with Crippen molar-refractivity contribution in [3.63, 3.8) is 0 Å². The Morgan fingerprint density at radius 2 is 1.76 bits per heavy atom. The van der Waals surface area contributed by atoms with Gasteiger partial charge in [-0.3, -0.25) is 0 Å². The smallest absolute Gasteiger partial charge is 0.213 e. The zero-order valence-electron chi connectivity index (χ0n) is 18.4. The normalized spacial score (nSPS) is 18.8. The number of fused-ring (bicyclic) bond motifs is 3. The molecular weight excluding hydrogens is 548 g/mol. The first kappa shape index (κ1) is 22.3. The van der Waals surface area contributed by atoms with Crippen molar-refractivity contribution in [2.24, 2.45) is 5.10 Å². The molecule has 0 saturated carbocycles. The van der Waals surface area contributed by atoms with Crippen molar-refractivity contribution in [2.75, 3.05) is 13.7 Å². The van der Waals surface area contributed by atoms with Gasteiger partial charge in [0.15, 0.2) is 0 Å². The van der Waals surface area contributed by atoms with Gasteiger partial charge in [-0.1, -0.05) is 22.9 Å². The fraction of sp³-hybridized carbons (Fsp3) is 0.269. The molecule has 2 aliphatic heterocycles. The first-order valence-electron chi connectivity index (χ1n) is 11.0. The molecule has 5 rings (SSSR count). The number of benzene rings is 3. The third-order valence-corrected chi connectivity index (χ3v) is 6.92. The number of nitrogens with zero attached hydrogens (tertiary/aromatic N) is 2. The van der Waals surface area contributed by atoms with E-state index >= 15 is 0 Å². The molecule has 33 heavy (non-hydrogen) atoms. The number of hydrogen-bond acceptors (Lipinski definition) is 5. The van der Waals surface area contributed by atoms with Crippen LogP contribution in [0.15, 0.2) is 74.7 Å². The maximum atomic E-state index is 6.55. The third kappa shape index (κ3) is 4.36. The number of halogens is 2. The molecule has 2 atom stereocenters. The van der Waals surface area contributed by atoms with Gasteiger partial charge in [0.25, 0.3) is 0 Å².